The summed E-state index contributed by atoms with van der Waals surface area (Å²) >= 11 is 5.93. The second kappa shape index (κ2) is 8.37. The van der Waals surface area contributed by atoms with Crippen molar-refractivity contribution in [2.24, 2.45) is 0 Å². The molecule has 0 fully saturated rings. The Labute approximate surface area is 101 Å². The maximum absolute atomic E-state index is 7.91. The molecule has 0 aromatic carbocycles. The van der Waals surface area contributed by atoms with Crippen LogP contribution in [0.3, 0.4) is 0 Å². The smallest absolute Gasteiger partial charge is 0.278 e. The predicted octanol–water partition coefficient (Wildman–Crippen LogP) is -2.29. The van der Waals surface area contributed by atoms with Gasteiger partial charge in [-0.3, -0.25) is 5.32 Å². The molecule has 0 heterocycles. The fourth-order valence-electron chi connectivity index (χ4n) is 0.0967. The molecular weight excluding hydrogens is 167 g/mol. The standard InChI is InChI=1S/C3H4N2S2.K/c1-7-3(6)5-2-4;/h1H3,(H,5,6);/q;+1. The Balaban J connectivity index is 0. The Morgan fingerprint density at radius 3 is 2.50 bits per heavy atom. The number of hydrogen-bond acceptors (Lipinski definition) is 3. The zero-order valence-corrected chi connectivity index (χ0v) is 9.52. The molecule has 2 nitrogen and oxygen atoms in total. The molecule has 0 aromatic rings. The third-order valence-corrected chi connectivity index (χ3v) is 1.42. The number of nitrogens with one attached hydrogen (secondary N) is 1. The number of nitrogens with zero attached hydrogens (tertiary/aromatic N) is 1. The Morgan fingerprint density at radius 2 is 2.38 bits per heavy atom. The van der Waals surface area contributed by atoms with Crippen LogP contribution in [0.2, 0.25) is 0 Å². The van der Waals surface area contributed by atoms with Crippen molar-refractivity contribution >= 4 is 28.3 Å². The SMILES string of the molecule is CSC(=S)NC#N.[K+]. The van der Waals surface area contributed by atoms with Crippen LogP contribution >= 0.6 is 24.0 Å². The van der Waals surface area contributed by atoms with Crippen LogP contribution in [-0.2, 0) is 0 Å². The second-order valence-corrected chi connectivity index (χ2v) is 2.21. The number of thioether (sulfide) groups is 1. The Kier molecular flexibility index (Phi) is 12.6. The van der Waals surface area contributed by atoms with Gasteiger partial charge in [0, 0.05) is 0 Å². The van der Waals surface area contributed by atoms with Crippen LogP contribution in [0.4, 0.5) is 0 Å². The van der Waals surface area contributed by atoms with Crippen LogP contribution in [0.5, 0.6) is 0 Å². The zero-order chi connectivity index (χ0) is 5.70. The van der Waals surface area contributed by atoms with Gasteiger partial charge in [-0.25, -0.2) is 0 Å². The summed E-state index contributed by atoms with van der Waals surface area (Å²) in [5.74, 6) is 0. The minimum atomic E-state index is 0. The van der Waals surface area contributed by atoms with Gasteiger partial charge in [-0.05, 0) is 6.26 Å². The summed E-state index contributed by atoms with van der Waals surface area (Å²) < 4.78 is 0.516. The molecule has 0 bridgehead atoms. The summed E-state index contributed by atoms with van der Waals surface area (Å²) in [5.41, 5.74) is 0. The molecule has 5 heteroatoms. The van der Waals surface area contributed by atoms with E-state index in [4.69, 9.17) is 5.26 Å². The molecule has 0 radical (unpaired) electrons. The van der Waals surface area contributed by atoms with Crippen molar-refractivity contribution in [1.29, 1.82) is 5.26 Å². The average Bonchev–Trinajstić information content (AvgIpc) is 1.68. The van der Waals surface area contributed by atoms with Crippen molar-refractivity contribution in [3.05, 3.63) is 0 Å². The van der Waals surface area contributed by atoms with Crippen LogP contribution in [0.1, 0.15) is 0 Å². The monoisotopic (exact) mass is 171 g/mol. The first-order chi connectivity index (χ1) is 3.31. The van der Waals surface area contributed by atoms with E-state index in [1.54, 1.807) is 6.19 Å². The van der Waals surface area contributed by atoms with Crippen LogP contribution in [0, 0.1) is 11.5 Å². The predicted molar refractivity (Wildman–Crippen MR) is 34.9 cm³/mol. The van der Waals surface area contributed by atoms with Crippen molar-refractivity contribution < 1.29 is 51.4 Å². The molecule has 8 heavy (non-hydrogen) atoms. The van der Waals surface area contributed by atoms with Gasteiger partial charge in [0.05, 0.1) is 0 Å². The largest absolute Gasteiger partial charge is 1.00 e. The van der Waals surface area contributed by atoms with E-state index in [2.05, 4.69) is 17.5 Å². The maximum atomic E-state index is 7.91. The third kappa shape index (κ3) is 7.37. The van der Waals surface area contributed by atoms with Crippen molar-refractivity contribution in [2.75, 3.05) is 6.26 Å². The van der Waals surface area contributed by atoms with Crippen molar-refractivity contribution in [3.8, 4) is 6.19 Å². The van der Waals surface area contributed by atoms with E-state index < -0.39 is 0 Å². The maximum Gasteiger partial charge on any atom is 1.00 e. The molecule has 0 saturated heterocycles. The number of hydrogen-bond donors (Lipinski definition) is 1. The van der Waals surface area contributed by atoms with Gasteiger partial charge in [0.2, 0.25) is 0 Å². The molecule has 0 unspecified atom stereocenters. The minimum Gasteiger partial charge on any atom is -0.278 e. The normalized spacial score (nSPS) is 6.00. The number of rotatable bonds is 0. The molecule has 0 atom stereocenters. The summed E-state index contributed by atoms with van der Waals surface area (Å²) in [6.45, 7) is 0. The topological polar surface area (TPSA) is 35.8 Å². The molecule has 1 N–H and O–H groups in total. The van der Waals surface area contributed by atoms with Gasteiger partial charge in [0.1, 0.15) is 4.32 Å². The second-order valence-electron chi connectivity index (χ2n) is 0.728. The molecular formula is C3H4KN2S2+. The molecule has 0 saturated carbocycles. The summed E-state index contributed by atoms with van der Waals surface area (Å²) in [4.78, 5) is 0. The first-order valence-corrected chi connectivity index (χ1v) is 3.17. The first-order valence-electron chi connectivity index (χ1n) is 1.54. The van der Waals surface area contributed by atoms with Gasteiger partial charge in [-0.2, -0.15) is 5.26 Å². The van der Waals surface area contributed by atoms with E-state index in [0.717, 1.165) is 0 Å². The van der Waals surface area contributed by atoms with Crippen molar-refractivity contribution in [1.82, 2.24) is 5.32 Å². The van der Waals surface area contributed by atoms with E-state index >= 15 is 0 Å². The molecule has 38 valence electrons. The van der Waals surface area contributed by atoms with Gasteiger partial charge in [0.25, 0.3) is 0 Å². The van der Waals surface area contributed by atoms with E-state index in [0.29, 0.717) is 4.32 Å². The summed E-state index contributed by atoms with van der Waals surface area (Å²) in [7, 11) is 0. The summed E-state index contributed by atoms with van der Waals surface area (Å²) in [5, 5.41) is 10.2. The minimum absolute atomic E-state index is 0. The molecule has 0 aliphatic heterocycles. The van der Waals surface area contributed by atoms with Gasteiger partial charge < -0.3 is 0 Å². The van der Waals surface area contributed by atoms with Gasteiger partial charge >= 0.3 is 51.4 Å². The molecule has 0 rings (SSSR count). The summed E-state index contributed by atoms with van der Waals surface area (Å²) in [6, 6.07) is 0. The van der Waals surface area contributed by atoms with Crippen LogP contribution in [0.15, 0.2) is 0 Å². The zero-order valence-electron chi connectivity index (χ0n) is 4.76. The molecule has 0 amide bonds. The van der Waals surface area contributed by atoms with Gasteiger partial charge in [0.15, 0.2) is 6.19 Å². The molecule has 0 aliphatic carbocycles. The van der Waals surface area contributed by atoms with Crippen molar-refractivity contribution in [2.45, 2.75) is 0 Å². The van der Waals surface area contributed by atoms with Crippen LogP contribution in [0.25, 0.3) is 0 Å². The first kappa shape index (κ1) is 12.1. The Morgan fingerprint density at radius 1 is 1.88 bits per heavy atom. The van der Waals surface area contributed by atoms with E-state index in [-0.39, 0.29) is 51.4 Å². The fraction of sp³-hybridized carbons (Fsp3) is 0.333. The Bertz CT molecular complexity index is 108. The van der Waals surface area contributed by atoms with Gasteiger partial charge in [-0.15, -0.1) is 0 Å². The molecule has 0 spiro atoms. The van der Waals surface area contributed by atoms with E-state index in [9.17, 15) is 0 Å². The van der Waals surface area contributed by atoms with E-state index in [1.807, 2.05) is 6.26 Å². The average molecular weight is 171 g/mol. The summed E-state index contributed by atoms with van der Waals surface area (Å²) in [6.07, 6.45) is 3.52. The Hall–Kier alpha value is 1.37. The quantitative estimate of drug-likeness (QED) is 0.193. The number of thiocarbonyl (C=S) groups is 1. The third-order valence-electron chi connectivity index (χ3n) is 0.343. The van der Waals surface area contributed by atoms with Crippen LogP contribution in [-0.4, -0.2) is 10.6 Å². The van der Waals surface area contributed by atoms with Gasteiger partial charge in [-0.1, -0.05) is 24.0 Å². The van der Waals surface area contributed by atoms with Crippen LogP contribution < -0.4 is 56.7 Å². The van der Waals surface area contributed by atoms with E-state index in [1.165, 1.54) is 11.8 Å². The number of nitriles is 1. The molecule has 0 aliphatic rings. The fourth-order valence-corrected chi connectivity index (χ4v) is 0.290. The van der Waals surface area contributed by atoms with Crippen molar-refractivity contribution in [3.63, 3.8) is 0 Å². The molecule has 0 aromatic heterocycles.